The highest BCUT2D eigenvalue weighted by Gasteiger charge is 2.25. The number of benzene rings is 1. The van der Waals surface area contributed by atoms with Crippen LogP contribution in [0.15, 0.2) is 34.2 Å². The number of likely N-dealkylation sites (tertiary alicyclic amines) is 1. The number of carbonyl (C=O) groups is 1. The first-order chi connectivity index (χ1) is 11.1. The molecule has 1 aliphatic heterocycles. The molecule has 2 heterocycles. The molecule has 23 heavy (non-hydrogen) atoms. The van der Waals surface area contributed by atoms with E-state index >= 15 is 0 Å². The van der Waals surface area contributed by atoms with Gasteiger partial charge in [-0.3, -0.25) is 14.2 Å². The third-order valence-electron chi connectivity index (χ3n) is 4.19. The summed E-state index contributed by atoms with van der Waals surface area (Å²) in [5.41, 5.74) is 0.645. The Hall–Kier alpha value is -1.82. The molecule has 0 bridgehead atoms. The first-order valence-corrected chi connectivity index (χ1v) is 8.94. The first kappa shape index (κ1) is 16.1. The molecule has 5 nitrogen and oxygen atoms in total. The van der Waals surface area contributed by atoms with E-state index in [4.69, 9.17) is 0 Å². The van der Waals surface area contributed by atoms with E-state index in [1.807, 2.05) is 36.9 Å². The number of rotatable bonds is 4. The number of para-hydroxylation sites is 1. The number of aromatic nitrogens is 2. The molecule has 2 aromatic rings. The highest BCUT2D eigenvalue weighted by atomic mass is 32.2. The maximum atomic E-state index is 12.6. The van der Waals surface area contributed by atoms with Gasteiger partial charge in [0.15, 0.2) is 5.16 Å². The fraction of sp³-hybridized carbons (Fsp3) is 0.471. The van der Waals surface area contributed by atoms with E-state index in [1.54, 1.807) is 10.6 Å². The fourth-order valence-electron chi connectivity index (χ4n) is 2.92. The zero-order chi connectivity index (χ0) is 16.4. The number of hydrogen-bond donors (Lipinski definition) is 0. The van der Waals surface area contributed by atoms with Crippen molar-refractivity contribution in [3.05, 3.63) is 34.6 Å². The normalized spacial score (nSPS) is 16.0. The molecule has 1 fully saturated rings. The maximum Gasteiger partial charge on any atom is 0.262 e. The SMILES string of the molecule is CCn1c(S[C@H](C)C(=O)N2CCCC2)nc2ccccc2c1=O. The molecule has 6 heteroatoms. The molecule has 1 amide bonds. The lowest BCUT2D eigenvalue weighted by Gasteiger charge is -2.20. The summed E-state index contributed by atoms with van der Waals surface area (Å²) in [6.45, 7) is 6.05. The predicted molar refractivity (Wildman–Crippen MR) is 92.8 cm³/mol. The van der Waals surface area contributed by atoms with Gasteiger partial charge in [0, 0.05) is 19.6 Å². The van der Waals surface area contributed by atoms with Crippen molar-refractivity contribution in [3.8, 4) is 0 Å². The van der Waals surface area contributed by atoms with Gasteiger partial charge in [-0.1, -0.05) is 23.9 Å². The highest BCUT2D eigenvalue weighted by molar-refractivity contribution is 8.00. The lowest BCUT2D eigenvalue weighted by atomic mass is 10.2. The number of amides is 1. The Balaban J connectivity index is 1.92. The van der Waals surface area contributed by atoms with Crippen LogP contribution in [0.1, 0.15) is 26.7 Å². The number of fused-ring (bicyclic) bond motifs is 1. The monoisotopic (exact) mass is 331 g/mol. The Labute approximate surface area is 139 Å². The minimum absolute atomic E-state index is 0.0404. The summed E-state index contributed by atoms with van der Waals surface area (Å²) < 4.78 is 1.65. The van der Waals surface area contributed by atoms with Gasteiger partial charge in [0.2, 0.25) is 5.91 Å². The zero-order valence-corrected chi connectivity index (χ0v) is 14.3. The van der Waals surface area contributed by atoms with Crippen molar-refractivity contribution in [1.29, 1.82) is 0 Å². The van der Waals surface area contributed by atoms with Crippen LogP contribution in [0.25, 0.3) is 10.9 Å². The fourth-order valence-corrected chi connectivity index (χ4v) is 3.98. The summed E-state index contributed by atoms with van der Waals surface area (Å²) in [5.74, 6) is 0.137. The molecule has 1 aliphatic rings. The van der Waals surface area contributed by atoms with E-state index in [9.17, 15) is 9.59 Å². The van der Waals surface area contributed by atoms with Crippen molar-refractivity contribution in [2.45, 2.75) is 43.6 Å². The van der Waals surface area contributed by atoms with Crippen molar-refractivity contribution in [2.24, 2.45) is 0 Å². The van der Waals surface area contributed by atoms with Crippen molar-refractivity contribution < 1.29 is 4.79 Å². The van der Waals surface area contributed by atoms with Gasteiger partial charge in [-0.05, 0) is 38.8 Å². The Kier molecular flexibility index (Phi) is 4.71. The molecule has 0 spiro atoms. The average molecular weight is 331 g/mol. The van der Waals surface area contributed by atoms with Gasteiger partial charge in [0.1, 0.15) is 0 Å². The van der Waals surface area contributed by atoms with E-state index in [1.165, 1.54) is 11.8 Å². The van der Waals surface area contributed by atoms with E-state index in [0.29, 0.717) is 22.6 Å². The number of thioether (sulfide) groups is 1. The third-order valence-corrected chi connectivity index (χ3v) is 5.27. The number of carbonyl (C=O) groups excluding carboxylic acids is 1. The quantitative estimate of drug-likeness (QED) is 0.638. The summed E-state index contributed by atoms with van der Waals surface area (Å²) in [6, 6.07) is 7.36. The van der Waals surface area contributed by atoms with Crippen molar-refractivity contribution in [1.82, 2.24) is 14.5 Å². The molecule has 1 aromatic carbocycles. The van der Waals surface area contributed by atoms with Gasteiger partial charge < -0.3 is 4.90 Å². The van der Waals surface area contributed by atoms with E-state index < -0.39 is 0 Å². The van der Waals surface area contributed by atoms with E-state index in [2.05, 4.69) is 4.98 Å². The van der Waals surface area contributed by atoms with Gasteiger partial charge in [0.05, 0.1) is 16.2 Å². The summed E-state index contributed by atoms with van der Waals surface area (Å²) in [4.78, 5) is 31.6. The second-order valence-electron chi connectivity index (χ2n) is 5.75. The minimum Gasteiger partial charge on any atom is -0.342 e. The first-order valence-electron chi connectivity index (χ1n) is 8.07. The standard InChI is InChI=1S/C17H21N3O2S/c1-3-20-16(22)13-8-4-5-9-14(13)18-17(20)23-12(2)15(21)19-10-6-7-11-19/h4-5,8-9,12H,3,6-7,10-11H2,1-2H3/t12-/m1/s1. The van der Waals surface area contributed by atoms with Gasteiger partial charge in [-0.2, -0.15) is 0 Å². The highest BCUT2D eigenvalue weighted by Crippen LogP contribution is 2.25. The Morgan fingerprint density at radius 1 is 1.30 bits per heavy atom. The van der Waals surface area contributed by atoms with Gasteiger partial charge in [0.25, 0.3) is 5.56 Å². The van der Waals surface area contributed by atoms with Crippen LogP contribution in [-0.4, -0.2) is 38.7 Å². The summed E-state index contributed by atoms with van der Waals surface area (Å²) in [7, 11) is 0. The second-order valence-corrected chi connectivity index (χ2v) is 7.06. The largest absolute Gasteiger partial charge is 0.342 e. The molecule has 3 rings (SSSR count). The third kappa shape index (κ3) is 3.13. The van der Waals surface area contributed by atoms with Crippen LogP contribution in [0.3, 0.4) is 0 Å². The average Bonchev–Trinajstić information content (AvgIpc) is 3.09. The van der Waals surface area contributed by atoms with Crippen LogP contribution in [0.2, 0.25) is 0 Å². The molecule has 0 saturated carbocycles. The van der Waals surface area contributed by atoms with Crippen molar-refractivity contribution >= 4 is 28.6 Å². The summed E-state index contributed by atoms with van der Waals surface area (Å²) >= 11 is 1.38. The Morgan fingerprint density at radius 3 is 2.70 bits per heavy atom. The molecule has 0 unspecified atom stereocenters. The molecule has 1 atom stereocenters. The molecule has 0 N–H and O–H groups in total. The Morgan fingerprint density at radius 2 is 2.00 bits per heavy atom. The van der Waals surface area contributed by atoms with Gasteiger partial charge >= 0.3 is 0 Å². The number of hydrogen-bond acceptors (Lipinski definition) is 4. The topological polar surface area (TPSA) is 55.2 Å². The lowest BCUT2D eigenvalue weighted by Crippen LogP contribution is -2.34. The zero-order valence-electron chi connectivity index (χ0n) is 13.5. The summed E-state index contributed by atoms with van der Waals surface area (Å²) in [6.07, 6.45) is 2.16. The maximum absolute atomic E-state index is 12.6. The predicted octanol–water partition coefficient (Wildman–Crippen LogP) is 2.52. The Bertz CT molecular complexity index is 781. The summed E-state index contributed by atoms with van der Waals surface area (Å²) in [5, 5.41) is 1.01. The molecule has 0 radical (unpaired) electrons. The molecular formula is C17H21N3O2S. The smallest absolute Gasteiger partial charge is 0.262 e. The molecule has 1 aromatic heterocycles. The van der Waals surface area contributed by atoms with E-state index in [0.717, 1.165) is 25.9 Å². The van der Waals surface area contributed by atoms with Crippen LogP contribution in [0.5, 0.6) is 0 Å². The van der Waals surface area contributed by atoms with Crippen molar-refractivity contribution in [3.63, 3.8) is 0 Å². The number of nitrogens with zero attached hydrogens (tertiary/aromatic N) is 3. The van der Waals surface area contributed by atoms with Crippen molar-refractivity contribution in [2.75, 3.05) is 13.1 Å². The molecular weight excluding hydrogens is 310 g/mol. The van der Waals surface area contributed by atoms with Gasteiger partial charge in [-0.15, -0.1) is 0 Å². The van der Waals surface area contributed by atoms with E-state index in [-0.39, 0.29) is 16.7 Å². The lowest BCUT2D eigenvalue weighted by molar-refractivity contribution is -0.129. The second kappa shape index (κ2) is 6.74. The van der Waals surface area contributed by atoms with Gasteiger partial charge in [-0.25, -0.2) is 4.98 Å². The molecule has 122 valence electrons. The van der Waals surface area contributed by atoms with Crippen LogP contribution in [-0.2, 0) is 11.3 Å². The van der Waals surface area contributed by atoms with Crippen LogP contribution < -0.4 is 5.56 Å². The molecule has 1 saturated heterocycles. The van der Waals surface area contributed by atoms with Crippen LogP contribution >= 0.6 is 11.8 Å². The van der Waals surface area contributed by atoms with Crippen LogP contribution in [0.4, 0.5) is 0 Å². The van der Waals surface area contributed by atoms with Crippen LogP contribution in [0, 0.1) is 0 Å². The molecule has 0 aliphatic carbocycles. The minimum atomic E-state index is -0.237.